The van der Waals surface area contributed by atoms with Crippen molar-refractivity contribution >= 4 is 34.8 Å². The minimum Gasteiger partial charge on any atom is -0.381 e. The van der Waals surface area contributed by atoms with E-state index in [0.29, 0.717) is 36.9 Å². The molecular weight excluding hydrogens is 373 g/mol. The van der Waals surface area contributed by atoms with E-state index in [4.69, 9.17) is 27.8 Å². The number of pyridine rings is 1. The zero-order valence-corrected chi connectivity index (χ0v) is 15.3. The van der Waals surface area contributed by atoms with Crippen molar-refractivity contribution in [1.82, 2.24) is 4.98 Å². The Morgan fingerprint density at radius 3 is 2.74 bits per heavy atom. The van der Waals surface area contributed by atoms with Crippen LogP contribution in [0.15, 0.2) is 30.3 Å². The molecule has 2 atom stereocenters. The summed E-state index contributed by atoms with van der Waals surface area (Å²) >= 11 is 5.88. The van der Waals surface area contributed by atoms with Crippen LogP contribution in [0.1, 0.15) is 16.8 Å². The Hall–Kier alpha value is -2.42. The SMILES string of the molecule is NCC1COCC[C@H]1Nc1nc(Nc2ccc(Cl)cc2)c(C(N)=O)cc1F. The third-order valence-electron chi connectivity index (χ3n) is 4.45. The highest BCUT2D eigenvalue weighted by molar-refractivity contribution is 6.30. The topological polar surface area (TPSA) is 115 Å². The summed E-state index contributed by atoms with van der Waals surface area (Å²) in [5, 5.41) is 6.64. The maximum absolute atomic E-state index is 14.5. The summed E-state index contributed by atoms with van der Waals surface area (Å²) < 4.78 is 19.9. The zero-order valence-electron chi connectivity index (χ0n) is 14.5. The van der Waals surface area contributed by atoms with Crippen LogP contribution in [0.4, 0.5) is 21.7 Å². The molecule has 1 aliphatic rings. The number of rotatable bonds is 6. The van der Waals surface area contributed by atoms with Crippen molar-refractivity contribution in [2.24, 2.45) is 17.4 Å². The molecule has 0 aliphatic carbocycles. The number of nitrogens with two attached hydrogens (primary N) is 2. The summed E-state index contributed by atoms with van der Waals surface area (Å²) in [4.78, 5) is 16.0. The number of aromatic nitrogens is 1. The molecule has 1 aromatic heterocycles. The van der Waals surface area contributed by atoms with Crippen LogP contribution in [-0.4, -0.2) is 36.7 Å². The van der Waals surface area contributed by atoms with Gasteiger partial charge in [0.05, 0.1) is 12.2 Å². The minimum absolute atomic E-state index is 0.0295. The summed E-state index contributed by atoms with van der Waals surface area (Å²) in [6.45, 7) is 1.48. The average molecular weight is 394 g/mol. The fraction of sp³-hybridized carbons (Fsp3) is 0.333. The van der Waals surface area contributed by atoms with Gasteiger partial charge in [0, 0.05) is 29.3 Å². The summed E-state index contributed by atoms with van der Waals surface area (Å²) in [5.74, 6) is -1.21. The molecule has 1 fully saturated rings. The average Bonchev–Trinajstić information content (AvgIpc) is 2.66. The van der Waals surface area contributed by atoms with Gasteiger partial charge in [-0.05, 0) is 43.3 Å². The Morgan fingerprint density at radius 1 is 1.33 bits per heavy atom. The van der Waals surface area contributed by atoms with Gasteiger partial charge >= 0.3 is 0 Å². The number of primary amides is 1. The van der Waals surface area contributed by atoms with Gasteiger partial charge in [0.2, 0.25) is 0 Å². The van der Waals surface area contributed by atoms with Crippen LogP contribution in [0.5, 0.6) is 0 Å². The highest BCUT2D eigenvalue weighted by Gasteiger charge is 2.26. The van der Waals surface area contributed by atoms with Gasteiger partial charge in [0.15, 0.2) is 11.6 Å². The molecule has 3 rings (SSSR count). The number of hydrogen-bond donors (Lipinski definition) is 4. The maximum Gasteiger partial charge on any atom is 0.252 e. The van der Waals surface area contributed by atoms with E-state index in [-0.39, 0.29) is 29.2 Å². The van der Waals surface area contributed by atoms with Crippen molar-refractivity contribution in [3.05, 3.63) is 46.7 Å². The number of anilines is 3. The first-order valence-corrected chi connectivity index (χ1v) is 8.93. The molecule has 2 heterocycles. The van der Waals surface area contributed by atoms with Gasteiger partial charge in [-0.2, -0.15) is 0 Å². The van der Waals surface area contributed by atoms with Crippen LogP contribution >= 0.6 is 11.6 Å². The number of nitrogens with zero attached hydrogens (tertiary/aromatic N) is 1. The predicted molar refractivity (Wildman–Crippen MR) is 103 cm³/mol. The number of halogens is 2. The van der Waals surface area contributed by atoms with E-state index >= 15 is 0 Å². The van der Waals surface area contributed by atoms with Crippen LogP contribution in [-0.2, 0) is 4.74 Å². The maximum atomic E-state index is 14.5. The smallest absolute Gasteiger partial charge is 0.252 e. The standard InChI is InChI=1S/C18H21ClFN5O2/c19-11-1-3-12(4-2-11)23-17-13(16(22)26)7-14(20)18(25-17)24-15-5-6-27-9-10(15)8-21/h1-4,7,10,15H,5-6,8-9,21H2,(H2,22,26)(H2,23,24,25)/t10?,15-/m1/s1. The van der Waals surface area contributed by atoms with E-state index in [1.807, 2.05) is 0 Å². The molecule has 0 spiro atoms. The third-order valence-corrected chi connectivity index (χ3v) is 4.70. The van der Waals surface area contributed by atoms with E-state index in [2.05, 4.69) is 15.6 Å². The van der Waals surface area contributed by atoms with Gasteiger partial charge in [-0.15, -0.1) is 0 Å². The number of nitrogens with one attached hydrogen (secondary N) is 2. The lowest BCUT2D eigenvalue weighted by molar-refractivity contribution is 0.0500. The van der Waals surface area contributed by atoms with Crippen molar-refractivity contribution in [3.8, 4) is 0 Å². The van der Waals surface area contributed by atoms with Gasteiger partial charge in [-0.3, -0.25) is 4.79 Å². The summed E-state index contributed by atoms with van der Waals surface area (Å²) in [6.07, 6.45) is 0.681. The van der Waals surface area contributed by atoms with Crippen molar-refractivity contribution in [1.29, 1.82) is 0 Å². The molecule has 7 nitrogen and oxygen atoms in total. The number of amides is 1. The van der Waals surface area contributed by atoms with Crippen molar-refractivity contribution in [2.75, 3.05) is 30.4 Å². The molecule has 1 saturated heterocycles. The second-order valence-corrected chi connectivity index (χ2v) is 6.76. The lowest BCUT2D eigenvalue weighted by atomic mass is 9.96. The molecule has 144 valence electrons. The third kappa shape index (κ3) is 4.65. The number of hydrogen-bond acceptors (Lipinski definition) is 6. The molecule has 1 amide bonds. The highest BCUT2D eigenvalue weighted by Crippen LogP contribution is 2.26. The molecular formula is C18H21ClFN5O2. The Labute approximate surface area is 161 Å². The Balaban J connectivity index is 1.90. The van der Waals surface area contributed by atoms with Gasteiger partial charge < -0.3 is 26.8 Å². The monoisotopic (exact) mass is 393 g/mol. The summed E-state index contributed by atoms with van der Waals surface area (Å²) in [6, 6.07) is 7.80. The molecule has 0 radical (unpaired) electrons. The second kappa shape index (κ2) is 8.51. The van der Waals surface area contributed by atoms with E-state index < -0.39 is 11.7 Å². The van der Waals surface area contributed by atoms with Crippen molar-refractivity contribution in [2.45, 2.75) is 12.5 Å². The summed E-state index contributed by atoms with van der Waals surface area (Å²) in [7, 11) is 0. The molecule has 1 aromatic carbocycles. The Morgan fingerprint density at radius 2 is 2.07 bits per heavy atom. The number of benzene rings is 1. The molecule has 0 bridgehead atoms. The molecule has 0 saturated carbocycles. The van der Waals surface area contributed by atoms with Crippen molar-refractivity contribution in [3.63, 3.8) is 0 Å². The fourth-order valence-electron chi connectivity index (χ4n) is 2.94. The number of carbonyl (C=O) groups excluding carboxylic acids is 1. The van der Waals surface area contributed by atoms with Crippen LogP contribution in [0.25, 0.3) is 0 Å². The predicted octanol–water partition coefficient (Wildman–Crippen LogP) is 2.49. The van der Waals surface area contributed by atoms with Crippen LogP contribution in [0, 0.1) is 11.7 Å². The van der Waals surface area contributed by atoms with E-state index in [9.17, 15) is 9.18 Å². The largest absolute Gasteiger partial charge is 0.381 e. The normalized spacial score (nSPS) is 19.5. The number of ether oxygens (including phenoxy) is 1. The first kappa shape index (κ1) is 19.3. The first-order valence-electron chi connectivity index (χ1n) is 8.55. The van der Waals surface area contributed by atoms with Gasteiger partial charge in [-0.25, -0.2) is 9.37 Å². The van der Waals surface area contributed by atoms with E-state index in [1.54, 1.807) is 24.3 Å². The molecule has 1 unspecified atom stereocenters. The van der Waals surface area contributed by atoms with Crippen molar-refractivity contribution < 1.29 is 13.9 Å². The highest BCUT2D eigenvalue weighted by atomic mass is 35.5. The van der Waals surface area contributed by atoms with Gasteiger partial charge in [-0.1, -0.05) is 11.6 Å². The van der Waals surface area contributed by atoms with Crippen LogP contribution < -0.4 is 22.1 Å². The fourth-order valence-corrected chi connectivity index (χ4v) is 3.06. The zero-order chi connectivity index (χ0) is 19.4. The van der Waals surface area contributed by atoms with E-state index in [1.165, 1.54) is 0 Å². The molecule has 2 aromatic rings. The van der Waals surface area contributed by atoms with E-state index in [0.717, 1.165) is 6.07 Å². The molecule has 9 heteroatoms. The van der Waals surface area contributed by atoms with Crippen LogP contribution in [0.3, 0.4) is 0 Å². The second-order valence-electron chi connectivity index (χ2n) is 6.32. The lowest BCUT2D eigenvalue weighted by Gasteiger charge is -2.31. The molecule has 6 N–H and O–H groups in total. The molecule has 27 heavy (non-hydrogen) atoms. The molecule has 1 aliphatic heterocycles. The Bertz CT molecular complexity index is 818. The van der Waals surface area contributed by atoms with Gasteiger partial charge in [0.1, 0.15) is 5.82 Å². The minimum atomic E-state index is -0.782. The quantitative estimate of drug-likeness (QED) is 0.599. The lowest BCUT2D eigenvalue weighted by Crippen LogP contribution is -2.42. The Kier molecular flexibility index (Phi) is 6.10. The van der Waals surface area contributed by atoms with Crippen LogP contribution in [0.2, 0.25) is 5.02 Å². The van der Waals surface area contributed by atoms with Gasteiger partial charge in [0.25, 0.3) is 5.91 Å². The summed E-state index contributed by atoms with van der Waals surface area (Å²) in [5.41, 5.74) is 11.7. The number of carbonyl (C=O) groups is 1. The first-order chi connectivity index (χ1) is 13.0.